The van der Waals surface area contributed by atoms with Crippen molar-refractivity contribution >= 4 is 5.97 Å². The Balaban J connectivity index is 2.63. The fourth-order valence-electron chi connectivity index (χ4n) is 1.78. The number of nitrogens with zero attached hydrogens (tertiary/aromatic N) is 4. The molecule has 1 heterocycles. The Bertz CT molecular complexity index is 681. The van der Waals surface area contributed by atoms with E-state index in [4.69, 9.17) is 0 Å². The quantitative estimate of drug-likeness (QED) is 0.873. The van der Waals surface area contributed by atoms with Gasteiger partial charge < -0.3 is 5.11 Å². The van der Waals surface area contributed by atoms with Gasteiger partial charge in [0.15, 0.2) is 28.8 Å². The van der Waals surface area contributed by atoms with Gasteiger partial charge in [0.05, 0.1) is 0 Å². The Hall–Kier alpha value is -2.45. The molecule has 1 aromatic carbocycles. The van der Waals surface area contributed by atoms with Crippen LogP contribution in [0.1, 0.15) is 20.3 Å². The summed E-state index contributed by atoms with van der Waals surface area (Å²) < 4.78 is 40.5. The molecule has 2 rings (SSSR count). The largest absolute Gasteiger partial charge is 0.479 e. The van der Waals surface area contributed by atoms with Gasteiger partial charge in [-0.25, -0.2) is 22.6 Å². The molecule has 9 heteroatoms. The molecule has 6 nitrogen and oxygen atoms in total. The summed E-state index contributed by atoms with van der Waals surface area (Å²) in [6.07, 6.45) is 0.131. The third-order valence-corrected chi connectivity index (χ3v) is 3.33. The molecule has 0 saturated heterocycles. The van der Waals surface area contributed by atoms with E-state index in [0.717, 1.165) is 4.68 Å². The number of aliphatic carboxylic acids is 1. The van der Waals surface area contributed by atoms with E-state index in [1.54, 1.807) is 6.92 Å². The van der Waals surface area contributed by atoms with E-state index >= 15 is 0 Å². The van der Waals surface area contributed by atoms with Crippen LogP contribution < -0.4 is 0 Å². The van der Waals surface area contributed by atoms with Gasteiger partial charge in [0.25, 0.3) is 0 Å². The summed E-state index contributed by atoms with van der Waals surface area (Å²) in [4.78, 5) is 11.4. The van der Waals surface area contributed by atoms with Gasteiger partial charge in [0.2, 0.25) is 0 Å². The predicted molar refractivity (Wildman–Crippen MR) is 64.7 cm³/mol. The second-order valence-corrected chi connectivity index (χ2v) is 4.60. The summed E-state index contributed by atoms with van der Waals surface area (Å²) in [5.41, 5.74) is -1.66. The highest BCUT2D eigenvalue weighted by atomic mass is 19.2. The molecule has 1 atom stereocenters. The zero-order chi connectivity index (χ0) is 15.8. The highest BCUT2D eigenvalue weighted by Crippen LogP contribution is 2.27. The Kier molecular flexibility index (Phi) is 3.67. The molecule has 21 heavy (non-hydrogen) atoms. The van der Waals surface area contributed by atoms with Gasteiger partial charge in [0, 0.05) is 5.56 Å². The van der Waals surface area contributed by atoms with E-state index in [0.29, 0.717) is 12.1 Å². The van der Waals surface area contributed by atoms with E-state index in [1.807, 2.05) is 0 Å². The maximum atomic E-state index is 13.3. The summed E-state index contributed by atoms with van der Waals surface area (Å²) >= 11 is 0. The first-order chi connectivity index (χ1) is 9.81. The van der Waals surface area contributed by atoms with Crippen molar-refractivity contribution in [3.63, 3.8) is 0 Å². The van der Waals surface area contributed by atoms with Crippen LogP contribution in [0.2, 0.25) is 0 Å². The Morgan fingerprint density at radius 3 is 2.38 bits per heavy atom. The maximum Gasteiger partial charge on any atom is 0.331 e. The number of tetrazole rings is 1. The average molecular weight is 300 g/mol. The molecule has 0 aliphatic heterocycles. The highest BCUT2D eigenvalue weighted by Gasteiger charge is 2.37. The number of benzene rings is 1. The SMILES string of the molecule is CCC(C)(C(=O)O)n1nnnc1-c1cc(F)c(F)c(F)c1. The minimum absolute atomic E-state index is 0.131. The third-order valence-electron chi connectivity index (χ3n) is 3.33. The number of rotatable bonds is 4. The van der Waals surface area contributed by atoms with Crippen LogP contribution >= 0.6 is 0 Å². The number of carbonyl (C=O) groups is 1. The first kappa shape index (κ1) is 14.9. The molecular formula is C12H11F3N4O2. The molecule has 0 amide bonds. The number of carboxylic acids is 1. The number of halogens is 3. The van der Waals surface area contributed by atoms with Gasteiger partial charge >= 0.3 is 5.97 Å². The van der Waals surface area contributed by atoms with Crippen molar-refractivity contribution in [2.24, 2.45) is 0 Å². The van der Waals surface area contributed by atoms with Crippen molar-refractivity contribution < 1.29 is 23.1 Å². The maximum absolute atomic E-state index is 13.3. The van der Waals surface area contributed by atoms with Crippen LogP contribution in [0.4, 0.5) is 13.2 Å². The van der Waals surface area contributed by atoms with Gasteiger partial charge in [-0.1, -0.05) is 6.92 Å². The van der Waals surface area contributed by atoms with Crippen LogP contribution in [0, 0.1) is 17.5 Å². The van der Waals surface area contributed by atoms with E-state index in [1.165, 1.54) is 6.92 Å². The average Bonchev–Trinajstić information content (AvgIpc) is 2.92. The van der Waals surface area contributed by atoms with Crippen molar-refractivity contribution in [3.05, 3.63) is 29.6 Å². The van der Waals surface area contributed by atoms with E-state index in [2.05, 4.69) is 15.5 Å². The lowest BCUT2D eigenvalue weighted by Crippen LogP contribution is -2.39. The minimum atomic E-state index is -1.62. The van der Waals surface area contributed by atoms with E-state index in [9.17, 15) is 23.1 Å². The van der Waals surface area contributed by atoms with Gasteiger partial charge in [-0.15, -0.1) is 5.10 Å². The number of hydrogen-bond donors (Lipinski definition) is 1. The summed E-state index contributed by atoms with van der Waals surface area (Å²) in [5.74, 6) is -5.81. The molecule has 1 N–H and O–H groups in total. The highest BCUT2D eigenvalue weighted by molar-refractivity contribution is 5.77. The molecule has 2 aromatic rings. The van der Waals surface area contributed by atoms with E-state index < -0.39 is 29.0 Å². The lowest BCUT2D eigenvalue weighted by atomic mass is 9.99. The zero-order valence-electron chi connectivity index (χ0n) is 11.1. The van der Waals surface area contributed by atoms with Crippen molar-refractivity contribution in [1.82, 2.24) is 20.2 Å². The van der Waals surface area contributed by atoms with Gasteiger partial charge in [0.1, 0.15) is 0 Å². The van der Waals surface area contributed by atoms with Gasteiger partial charge in [-0.2, -0.15) is 0 Å². The fraction of sp³-hybridized carbons (Fsp3) is 0.333. The number of aromatic nitrogens is 4. The second-order valence-electron chi connectivity index (χ2n) is 4.60. The summed E-state index contributed by atoms with van der Waals surface area (Å²) in [6, 6.07) is 1.41. The lowest BCUT2D eigenvalue weighted by molar-refractivity contribution is -0.147. The van der Waals surface area contributed by atoms with Crippen molar-refractivity contribution in [2.75, 3.05) is 0 Å². The van der Waals surface area contributed by atoms with Crippen molar-refractivity contribution in [2.45, 2.75) is 25.8 Å². The smallest absolute Gasteiger partial charge is 0.331 e. The monoisotopic (exact) mass is 300 g/mol. The number of hydrogen-bond acceptors (Lipinski definition) is 4. The Labute approximate surface area is 117 Å². The molecule has 1 aromatic heterocycles. The molecule has 0 radical (unpaired) electrons. The van der Waals surface area contributed by atoms with Crippen LogP contribution in [0.3, 0.4) is 0 Å². The molecule has 1 unspecified atom stereocenters. The molecule has 0 aliphatic rings. The summed E-state index contributed by atoms with van der Waals surface area (Å²) in [7, 11) is 0. The minimum Gasteiger partial charge on any atom is -0.479 e. The molecule has 0 fully saturated rings. The van der Waals surface area contributed by atoms with Crippen LogP contribution in [-0.2, 0) is 10.3 Å². The Morgan fingerprint density at radius 2 is 1.90 bits per heavy atom. The summed E-state index contributed by atoms with van der Waals surface area (Å²) in [5, 5.41) is 19.8. The topological polar surface area (TPSA) is 80.9 Å². The molecule has 112 valence electrons. The van der Waals surface area contributed by atoms with Crippen LogP contribution in [-0.4, -0.2) is 31.3 Å². The normalized spacial score (nSPS) is 14.0. The first-order valence-corrected chi connectivity index (χ1v) is 5.98. The lowest BCUT2D eigenvalue weighted by Gasteiger charge is -2.24. The molecule has 0 aliphatic carbocycles. The van der Waals surface area contributed by atoms with Crippen molar-refractivity contribution in [3.8, 4) is 11.4 Å². The predicted octanol–water partition coefficient (Wildman–Crippen LogP) is 1.97. The van der Waals surface area contributed by atoms with Gasteiger partial charge in [-0.05, 0) is 35.9 Å². The molecule has 0 spiro atoms. The van der Waals surface area contributed by atoms with Gasteiger partial charge in [-0.3, -0.25) is 0 Å². The van der Waals surface area contributed by atoms with E-state index in [-0.39, 0.29) is 17.8 Å². The Morgan fingerprint density at radius 1 is 1.33 bits per heavy atom. The van der Waals surface area contributed by atoms with Crippen LogP contribution in [0.15, 0.2) is 12.1 Å². The standard InChI is InChI=1S/C12H11F3N4O2/c1-3-12(2,11(20)21)19-10(16-17-18-19)6-4-7(13)9(15)8(14)5-6/h4-5H,3H2,1-2H3,(H,20,21). The molecule has 0 bridgehead atoms. The molecule has 0 saturated carbocycles. The first-order valence-electron chi connectivity index (χ1n) is 5.98. The zero-order valence-corrected chi connectivity index (χ0v) is 11.1. The second kappa shape index (κ2) is 5.15. The van der Waals surface area contributed by atoms with Crippen molar-refractivity contribution in [1.29, 1.82) is 0 Å². The number of carboxylic acid groups (broad SMARTS) is 1. The fourth-order valence-corrected chi connectivity index (χ4v) is 1.78. The summed E-state index contributed by atoms with van der Waals surface area (Å²) in [6.45, 7) is 2.97. The third kappa shape index (κ3) is 2.34. The molecular weight excluding hydrogens is 289 g/mol. The van der Waals surface area contributed by atoms with Crippen LogP contribution in [0.25, 0.3) is 11.4 Å². The van der Waals surface area contributed by atoms with Crippen LogP contribution in [0.5, 0.6) is 0 Å².